The molecule has 1 unspecified atom stereocenters. The van der Waals surface area contributed by atoms with Crippen molar-refractivity contribution >= 4 is 5.69 Å². The van der Waals surface area contributed by atoms with Crippen LogP contribution in [0.3, 0.4) is 0 Å². The first kappa shape index (κ1) is 14.1. The smallest absolute Gasteiger partial charge is 0.138 e. The molecule has 0 saturated carbocycles. The van der Waals surface area contributed by atoms with Gasteiger partial charge in [-0.2, -0.15) is 0 Å². The highest BCUT2D eigenvalue weighted by molar-refractivity contribution is 5.44. The number of hydrogen-bond acceptors (Lipinski definition) is 4. The first-order chi connectivity index (χ1) is 10.0. The third-order valence-corrected chi connectivity index (χ3v) is 3.89. The molecule has 21 heavy (non-hydrogen) atoms. The number of aryl methyl sites for hydroxylation is 1. The van der Waals surface area contributed by atoms with E-state index in [1.54, 1.807) is 6.20 Å². The minimum atomic E-state index is -0.0444. The summed E-state index contributed by atoms with van der Waals surface area (Å²) < 4.78 is 7.72. The molecule has 0 radical (unpaired) electrons. The molecule has 0 bridgehead atoms. The summed E-state index contributed by atoms with van der Waals surface area (Å²) in [7, 11) is 0. The second-order valence-electron chi connectivity index (χ2n) is 6.19. The minimum absolute atomic E-state index is 0.0444. The Hall–Kier alpha value is -1.88. The molecule has 2 aromatic rings. The lowest BCUT2D eigenvalue weighted by atomic mass is 9.94. The van der Waals surface area contributed by atoms with Gasteiger partial charge in [-0.3, -0.25) is 4.57 Å². The molecule has 5 nitrogen and oxygen atoms in total. The molecule has 0 spiro atoms. The number of pyridine rings is 1. The molecule has 0 aliphatic carbocycles. The van der Waals surface area contributed by atoms with Gasteiger partial charge in [-0.1, -0.05) is 0 Å². The molecule has 1 saturated heterocycles. The highest BCUT2D eigenvalue weighted by Gasteiger charge is 2.28. The molecule has 1 aliphatic heterocycles. The van der Waals surface area contributed by atoms with Crippen molar-refractivity contribution in [1.82, 2.24) is 14.5 Å². The third-order valence-electron chi connectivity index (χ3n) is 3.89. The van der Waals surface area contributed by atoms with Crippen LogP contribution in [0, 0.1) is 6.92 Å². The van der Waals surface area contributed by atoms with E-state index >= 15 is 0 Å². The van der Waals surface area contributed by atoms with Gasteiger partial charge in [0.05, 0.1) is 17.5 Å². The van der Waals surface area contributed by atoms with Crippen molar-refractivity contribution < 1.29 is 4.74 Å². The highest BCUT2D eigenvalue weighted by Crippen LogP contribution is 2.26. The van der Waals surface area contributed by atoms with Crippen LogP contribution in [0.4, 0.5) is 5.69 Å². The zero-order chi connectivity index (χ0) is 14.9. The largest absolute Gasteiger partial charge is 0.381 e. The van der Waals surface area contributed by atoms with Crippen molar-refractivity contribution in [2.24, 2.45) is 0 Å². The fourth-order valence-corrected chi connectivity index (χ4v) is 2.82. The number of hydrogen-bond donors (Lipinski definition) is 1. The van der Waals surface area contributed by atoms with Gasteiger partial charge in [0.2, 0.25) is 0 Å². The molecule has 1 aliphatic rings. The Labute approximate surface area is 125 Å². The molecule has 3 heterocycles. The fraction of sp³-hybridized carbons (Fsp3) is 0.500. The standard InChI is InChI=1S/C16H22N4O/c1-12-17-7-8-20(12)15-5-4-14(11-18-15)19-13-6-9-21-16(2,3)10-13/h4-5,7-8,11,13,19H,6,9-10H2,1-3H3. The molecular formula is C16H22N4O. The molecule has 1 atom stereocenters. The summed E-state index contributed by atoms with van der Waals surface area (Å²) >= 11 is 0. The van der Waals surface area contributed by atoms with Crippen molar-refractivity contribution in [2.75, 3.05) is 11.9 Å². The molecular weight excluding hydrogens is 264 g/mol. The van der Waals surface area contributed by atoms with Crippen molar-refractivity contribution in [3.63, 3.8) is 0 Å². The Morgan fingerprint density at radius 2 is 2.19 bits per heavy atom. The van der Waals surface area contributed by atoms with E-state index in [9.17, 15) is 0 Å². The number of rotatable bonds is 3. The van der Waals surface area contributed by atoms with Gasteiger partial charge in [-0.05, 0) is 45.7 Å². The van der Waals surface area contributed by atoms with Crippen LogP contribution in [0.15, 0.2) is 30.7 Å². The summed E-state index contributed by atoms with van der Waals surface area (Å²) in [6.07, 6.45) is 7.64. The average molecular weight is 286 g/mol. The van der Waals surface area contributed by atoms with Crippen LogP contribution < -0.4 is 5.32 Å². The van der Waals surface area contributed by atoms with Crippen molar-refractivity contribution in [3.8, 4) is 5.82 Å². The van der Waals surface area contributed by atoms with E-state index < -0.39 is 0 Å². The number of nitrogens with zero attached hydrogens (tertiary/aromatic N) is 3. The molecule has 112 valence electrons. The number of nitrogens with one attached hydrogen (secondary N) is 1. The lowest BCUT2D eigenvalue weighted by Crippen LogP contribution is -2.40. The maximum absolute atomic E-state index is 5.75. The van der Waals surface area contributed by atoms with Crippen LogP contribution in [0.1, 0.15) is 32.5 Å². The monoisotopic (exact) mass is 286 g/mol. The van der Waals surface area contributed by atoms with Gasteiger partial charge in [-0.15, -0.1) is 0 Å². The first-order valence-electron chi connectivity index (χ1n) is 7.40. The minimum Gasteiger partial charge on any atom is -0.381 e. The summed E-state index contributed by atoms with van der Waals surface area (Å²) in [6.45, 7) is 7.07. The van der Waals surface area contributed by atoms with Crippen LogP contribution in [0.2, 0.25) is 0 Å². The SMILES string of the molecule is Cc1nccn1-c1ccc(NC2CCOC(C)(C)C2)cn1. The highest BCUT2D eigenvalue weighted by atomic mass is 16.5. The molecule has 1 fully saturated rings. The van der Waals surface area contributed by atoms with E-state index in [0.717, 1.165) is 36.8 Å². The fourth-order valence-electron chi connectivity index (χ4n) is 2.82. The first-order valence-corrected chi connectivity index (χ1v) is 7.40. The molecule has 3 rings (SSSR count). The summed E-state index contributed by atoms with van der Waals surface area (Å²) in [5.41, 5.74) is 1.01. The van der Waals surface area contributed by atoms with E-state index in [-0.39, 0.29) is 5.60 Å². The van der Waals surface area contributed by atoms with Crippen LogP contribution in [0.5, 0.6) is 0 Å². The van der Waals surface area contributed by atoms with E-state index in [0.29, 0.717) is 6.04 Å². The number of aromatic nitrogens is 3. The van der Waals surface area contributed by atoms with E-state index in [4.69, 9.17) is 4.74 Å². The van der Waals surface area contributed by atoms with E-state index in [1.165, 1.54) is 0 Å². The molecule has 1 N–H and O–H groups in total. The number of ether oxygens (including phenoxy) is 1. The van der Waals surface area contributed by atoms with Crippen LogP contribution >= 0.6 is 0 Å². The van der Waals surface area contributed by atoms with Crippen molar-refractivity contribution in [1.29, 1.82) is 0 Å². The molecule has 0 aromatic carbocycles. The van der Waals surface area contributed by atoms with Crippen molar-refractivity contribution in [3.05, 3.63) is 36.5 Å². The van der Waals surface area contributed by atoms with Crippen LogP contribution in [-0.2, 0) is 4.74 Å². The normalized spacial score (nSPS) is 21.2. The summed E-state index contributed by atoms with van der Waals surface area (Å²) in [5.74, 6) is 1.83. The average Bonchev–Trinajstić information content (AvgIpc) is 2.85. The topological polar surface area (TPSA) is 52.0 Å². The van der Waals surface area contributed by atoms with Gasteiger partial charge in [0.25, 0.3) is 0 Å². The third kappa shape index (κ3) is 3.24. The van der Waals surface area contributed by atoms with Gasteiger partial charge in [0.1, 0.15) is 11.6 Å². The Balaban J connectivity index is 1.69. The lowest BCUT2D eigenvalue weighted by Gasteiger charge is -2.36. The predicted molar refractivity (Wildman–Crippen MR) is 82.8 cm³/mol. The second kappa shape index (κ2) is 5.48. The van der Waals surface area contributed by atoms with Crippen molar-refractivity contribution in [2.45, 2.75) is 45.3 Å². The number of imidazole rings is 1. The summed E-state index contributed by atoms with van der Waals surface area (Å²) in [6, 6.07) is 4.53. The summed E-state index contributed by atoms with van der Waals surface area (Å²) in [4.78, 5) is 8.73. The van der Waals surface area contributed by atoms with Gasteiger partial charge in [0.15, 0.2) is 0 Å². The Kier molecular flexibility index (Phi) is 3.68. The van der Waals surface area contributed by atoms with Crippen LogP contribution in [0.25, 0.3) is 5.82 Å². The zero-order valence-electron chi connectivity index (χ0n) is 12.8. The molecule has 2 aromatic heterocycles. The summed E-state index contributed by atoms with van der Waals surface area (Å²) in [5, 5.41) is 3.56. The predicted octanol–water partition coefficient (Wildman–Crippen LogP) is 2.95. The zero-order valence-corrected chi connectivity index (χ0v) is 12.8. The van der Waals surface area contributed by atoms with E-state index in [2.05, 4.69) is 35.2 Å². The van der Waals surface area contributed by atoms with Gasteiger partial charge in [0, 0.05) is 25.0 Å². The Morgan fingerprint density at radius 3 is 2.81 bits per heavy atom. The number of anilines is 1. The van der Waals surface area contributed by atoms with Gasteiger partial charge >= 0.3 is 0 Å². The Morgan fingerprint density at radius 1 is 1.33 bits per heavy atom. The quantitative estimate of drug-likeness (QED) is 0.942. The second-order valence-corrected chi connectivity index (χ2v) is 6.19. The maximum Gasteiger partial charge on any atom is 0.138 e. The molecule has 5 heteroatoms. The van der Waals surface area contributed by atoms with Gasteiger partial charge in [-0.25, -0.2) is 9.97 Å². The lowest BCUT2D eigenvalue weighted by molar-refractivity contribution is -0.0553. The van der Waals surface area contributed by atoms with Crippen LogP contribution in [-0.4, -0.2) is 32.8 Å². The molecule has 0 amide bonds. The van der Waals surface area contributed by atoms with Gasteiger partial charge < -0.3 is 10.1 Å². The Bertz CT molecular complexity index is 603. The maximum atomic E-state index is 5.75. The van der Waals surface area contributed by atoms with E-state index in [1.807, 2.05) is 30.0 Å².